The Bertz CT molecular complexity index is 746. The van der Waals surface area contributed by atoms with Crippen LogP contribution in [0.5, 0.6) is 0 Å². The number of ketones is 2. The largest absolute Gasteiger partial charge is 0.481 e. The molecule has 0 N–H and O–H groups in total. The van der Waals surface area contributed by atoms with Crippen LogP contribution in [0.1, 0.15) is 38.8 Å². The number of ether oxygens (including phenoxy) is 1. The quantitative estimate of drug-likeness (QED) is 0.804. The van der Waals surface area contributed by atoms with Crippen molar-refractivity contribution in [1.29, 1.82) is 0 Å². The summed E-state index contributed by atoms with van der Waals surface area (Å²) in [4.78, 5) is 29.0. The Hall–Kier alpha value is -2.75. The van der Waals surface area contributed by atoms with Crippen LogP contribution in [0.3, 0.4) is 0 Å². The first kappa shape index (κ1) is 12.0. The molecule has 1 aromatic carbocycles. The van der Waals surface area contributed by atoms with Crippen LogP contribution in [-0.4, -0.2) is 16.6 Å². The highest BCUT2D eigenvalue weighted by Gasteiger charge is 2.40. The molecule has 102 valence electrons. The smallest absolute Gasteiger partial charge is 0.228 e. The van der Waals surface area contributed by atoms with Gasteiger partial charge in [0.1, 0.15) is 6.10 Å². The van der Waals surface area contributed by atoms with E-state index in [2.05, 4.69) is 4.98 Å². The molecule has 1 atom stereocenters. The van der Waals surface area contributed by atoms with Gasteiger partial charge in [-0.25, -0.2) is 0 Å². The molecule has 2 aliphatic rings. The molecular formula is C17H11NO3. The monoisotopic (exact) mass is 277 g/mol. The standard InChI is InChI=1S/C17H11NO3/c19-15-11-3-1-2-4-12(11)16(20)17-13(15)9-14(21-17)10-5-7-18-8-6-10/h1-8,14H,9H2. The van der Waals surface area contributed by atoms with Crippen LogP contribution in [0.2, 0.25) is 0 Å². The average molecular weight is 277 g/mol. The molecular weight excluding hydrogens is 266 g/mol. The Morgan fingerprint density at radius 2 is 1.62 bits per heavy atom. The Kier molecular flexibility index (Phi) is 2.51. The molecule has 1 aliphatic carbocycles. The van der Waals surface area contributed by atoms with Crippen molar-refractivity contribution in [1.82, 2.24) is 4.98 Å². The fourth-order valence-corrected chi connectivity index (χ4v) is 2.85. The van der Waals surface area contributed by atoms with E-state index in [4.69, 9.17) is 4.74 Å². The van der Waals surface area contributed by atoms with Gasteiger partial charge in [0.2, 0.25) is 5.78 Å². The SMILES string of the molecule is O=C1C2=C(OC(c3ccncc3)C2)C(=O)c2ccccc21. The topological polar surface area (TPSA) is 56.3 Å². The Morgan fingerprint density at radius 1 is 0.952 bits per heavy atom. The summed E-state index contributed by atoms with van der Waals surface area (Å²) in [6.45, 7) is 0. The summed E-state index contributed by atoms with van der Waals surface area (Å²) < 4.78 is 5.77. The molecule has 0 fully saturated rings. The molecule has 0 bridgehead atoms. The fraction of sp³-hybridized carbons (Fsp3) is 0.118. The lowest BCUT2D eigenvalue weighted by Crippen LogP contribution is -2.19. The maximum Gasteiger partial charge on any atom is 0.228 e. The number of aromatic nitrogens is 1. The van der Waals surface area contributed by atoms with Gasteiger partial charge in [0.15, 0.2) is 11.5 Å². The van der Waals surface area contributed by atoms with E-state index >= 15 is 0 Å². The lowest BCUT2D eigenvalue weighted by molar-refractivity contribution is 0.0840. The molecule has 1 aromatic heterocycles. The van der Waals surface area contributed by atoms with Crippen molar-refractivity contribution in [2.75, 3.05) is 0 Å². The molecule has 0 spiro atoms. The lowest BCUT2D eigenvalue weighted by atomic mass is 9.87. The normalized spacial score (nSPS) is 20.1. The van der Waals surface area contributed by atoms with Crippen molar-refractivity contribution in [2.45, 2.75) is 12.5 Å². The van der Waals surface area contributed by atoms with Crippen molar-refractivity contribution >= 4 is 11.6 Å². The number of pyridine rings is 1. The molecule has 4 heteroatoms. The van der Waals surface area contributed by atoms with Crippen molar-refractivity contribution < 1.29 is 14.3 Å². The van der Waals surface area contributed by atoms with Gasteiger partial charge >= 0.3 is 0 Å². The van der Waals surface area contributed by atoms with E-state index in [0.717, 1.165) is 5.56 Å². The van der Waals surface area contributed by atoms with Crippen LogP contribution in [0.25, 0.3) is 0 Å². The van der Waals surface area contributed by atoms with Gasteiger partial charge in [-0.05, 0) is 17.7 Å². The number of benzene rings is 1. The first-order valence-corrected chi connectivity index (χ1v) is 6.74. The molecule has 0 saturated heterocycles. The Balaban J connectivity index is 1.74. The number of nitrogens with zero attached hydrogens (tertiary/aromatic N) is 1. The number of hydrogen-bond acceptors (Lipinski definition) is 4. The van der Waals surface area contributed by atoms with Crippen LogP contribution < -0.4 is 0 Å². The van der Waals surface area contributed by atoms with Crippen LogP contribution in [-0.2, 0) is 4.74 Å². The van der Waals surface area contributed by atoms with Gasteiger partial charge in [0, 0.05) is 29.9 Å². The van der Waals surface area contributed by atoms with E-state index in [9.17, 15) is 9.59 Å². The number of hydrogen-bond donors (Lipinski definition) is 0. The van der Waals surface area contributed by atoms with Gasteiger partial charge < -0.3 is 4.74 Å². The second-order valence-electron chi connectivity index (χ2n) is 5.10. The highest BCUT2D eigenvalue weighted by atomic mass is 16.5. The van der Waals surface area contributed by atoms with E-state index in [1.165, 1.54) is 0 Å². The van der Waals surface area contributed by atoms with Crippen molar-refractivity contribution in [3.63, 3.8) is 0 Å². The van der Waals surface area contributed by atoms with Gasteiger partial charge in [-0.15, -0.1) is 0 Å². The van der Waals surface area contributed by atoms with Crippen LogP contribution in [0.4, 0.5) is 0 Å². The number of carbonyl (C=O) groups is 2. The van der Waals surface area contributed by atoms with Crippen LogP contribution in [0.15, 0.2) is 60.1 Å². The molecule has 1 aliphatic heterocycles. The number of rotatable bonds is 1. The van der Waals surface area contributed by atoms with Gasteiger partial charge in [-0.2, -0.15) is 0 Å². The third-order valence-electron chi connectivity index (χ3n) is 3.90. The molecule has 0 radical (unpaired) electrons. The fourth-order valence-electron chi connectivity index (χ4n) is 2.85. The van der Waals surface area contributed by atoms with Crippen LogP contribution >= 0.6 is 0 Å². The predicted octanol–water partition coefficient (Wildman–Crippen LogP) is 2.88. The summed E-state index contributed by atoms with van der Waals surface area (Å²) in [6.07, 6.45) is 3.49. The molecule has 4 rings (SSSR count). The maximum absolute atomic E-state index is 12.5. The van der Waals surface area contributed by atoms with Crippen molar-refractivity contribution in [2.24, 2.45) is 0 Å². The van der Waals surface area contributed by atoms with Gasteiger partial charge in [0.25, 0.3) is 0 Å². The van der Waals surface area contributed by atoms with Gasteiger partial charge in [-0.1, -0.05) is 24.3 Å². The summed E-state index contributed by atoms with van der Waals surface area (Å²) in [5, 5.41) is 0. The average Bonchev–Trinajstić information content (AvgIpc) is 2.99. The third-order valence-corrected chi connectivity index (χ3v) is 3.90. The van der Waals surface area contributed by atoms with E-state index < -0.39 is 0 Å². The Morgan fingerprint density at radius 3 is 2.33 bits per heavy atom. The summed E-state index contributed by atoms with van der Waals surface area (Å²) in [5.41, 5.74) is 2.31. The minimum absolute atomic E-state index is 0.100. The molecule has 0 saturated carbocycles. The number of Topliss-reactive ketones (excluding diaryl/α,β-unsaturated/α-hetero) is 2. The van der Waals surface area contributed by atoms with Gasteiger partial charge in [0.05, 0.1) is 5.57 Å². The molecule has 4 nitrogen and oxygen atoms in total. The number of fused-ring (bicyclic) bond motifs is 1. The molecule has 2 aromatic rings. The molecule has 2 heterocycles. The third kappa shape index (κ3) is 1.72. The zero-order valence-electron chi connectivity index (χ0n) is 11.1. The van der Waals surface area contributed by atoms with Gasteiger partial charge in [-0.3, -0.25) is 14.6 Å². The summed E-state index contributed by atoms with van der Waals surface area (Å²) >= 11 is 0. The lowest BCUT2D eigenvalue weighted by Gasteiger charge is -2.15. The van der Waals surface area contributed by atoms with E-state index in [1.54, 1.807) is 36.7 Å². The summed E-state index contributed by atoms with van der Waals surface area (Å²) in [5.74, 6) is -0.0889. The second kappa shape index (κ2) is 4.38. The second-order valence-corrected chi connectivity index (χ2v) is 5.10. The van der Waals surface area contributed by atoms with Crippen molar-refractivity contribution in [3.8, 4) is 0 Å². The molecule has 0 amide bonds. The van der Waals surface area contributed by atoms with E-state index in [-0.39, 0.29) is 23.4 Å². The minimum Gasteiger partial charge on any atom is -0.481 e. The zero-order chi connectivity index (χ0) is 14.4. The highest BCUT2D eigenvalue weighted by molar-refractivity contribution is 6.26. The summed E-state index contributed by atoms with van der Waals surface area (Å²) in [7, 11) is 0. The van der Waals surface area contributed by atoms with E-state index in [0.29, 0.717) is 23.1 Å². The number of carbonyl (C=O) groups excluding carboxylic acids is 2. The van der Waals surface area contributed by atoms with Crippen LogP contribution in [0, 0.1) is 0 Å². The first-order valence-electron chi connectivity index (χ1n) is 6.74. The number of allylic oxidation sites excluding steroid dienone is 1. The summed E-state index contributed by atoms with van der Waals surface area (Å²) in [6, 6.07) is 10.6. The van der Waals surface area contributed by atoms with E-state index in [1.807, 2.05) is 12.1 Å². The Labute approximate surface area is 121 Å². The molecule has 1 unspecified atom stereocenters. The zero-order valence-corrected chi connectivity index (χ0v) is 11.1. The molecule has 21 heavy (non-hydrogen) atoms. The maximum atomic E-state index is 12.5. The highest BCUT2D eigenvalue weighted by Crippen LogP contribution is 2.41. The first-order chi connectivity index (χ1) is 10.3. The van der Waals surface area contributed by atoms with Crippen molar-refractivity contribution in [3.05, 3.63) is 76.8 Å². The predicted molar refractivity (Wildman–Crippen MR) is 74.8 cm³/mol. The minimum atomic E-state index is -0.291.